The van der Waals surface area contributed by atoms with E-state index >= 15 is 0 Å². The van der Waals surface area contributed by atoms with Crippen LogP contribution in [-0.4, -0.2) is 63.5 Å². The molecule has 2 amide bonds. The van der Waals surface area contributed by atoms with Gasteiger partial charge < -0.3 is 19.7 Å². The van der Waals surface area contributed by atoms with Crippen LogP contribution in [-0.2, 0) is 16.1 Å². The van der Waals surface area contributed by atoms with E-state index in [0.29, 0.717) is 38.6 Å². The van der Waals surface area contributed by atoms with Crippen LogP contribution in [0.15, 0.2) is 46.9 Å². The topological polar surface area (TPSA) is 86.0 Å². The zero-order chi connectivity index (χ0) is 27.0. The highest BCUT2D eigenvalue weighted by Crippen LogP contribution is 2.38. The maximum Gasteiger partial charge on any atom is 0.246 e. The average Bonchev–Trinajstić information content (AvgIpc) is 3.31. The van der Waals surface area contributed by atoms with Crippen LogP contribution in [0.3, 0.4) is 0 Å². The summed E-state index contributed by atoms with van der Waals surface area (Å²) in [5.41, 5.74) is 1.38. The molecule has 3 heterocycles. The summed E-state index contributed by atoms with van der Waals surface area (Å²) in [5.74, 6) is -0.0404. The van der Waals surface area contributed by atoms with Crippen LogP contribution in [0.2, 0.25) is 0 Å². The van der Waals surface area contributed by atoms with Crippen molar-refractivity contribution in [3.05, 3.63) is 48.0 Å². The fourth-order valence-electron chi connectivity index (χ4n) is 7.16. The second kappa shape index (κ2) is 10.6. The number of fused-ring (bicyclic) bond motifs is 3. The lowest BCUT2D eigenvalue weighted by Gasteiger charge is -2.52. The second-order valence-electron chi connectivity index (χ2n) is 12.1. The zero-order valence-corrected chi connectivity index (χ0v) is 23.1. The predicted molar refractivity (Wildman–Crippen MR) is 152 cm³/mol. The van der Waals surface area contributed by atoms with E-state index in [1.165, 1.54) is 5.56 Å². The van der Waals surface area contributed by atoms with Gasteiger partial charge in [-0.1, -0.05) is 56.9 Å². The van der Waals surface area contributed by atoms with Gasteiger partial charge in [-0.3, -0.25) is 14.5 Å². The fourth-order valence-corrected chi connectivity index (χ4v) is 7.16. The third kappa shape index (κ3) is 4.95. The second-order valence-corrected chi connectivity index (χ2v) is 12.1. The summed E-state index contributed by atoms with van der Waals surface area (Å²) in [6, 6.07) is 13.9. The molecule has 1 spiro atoms. The molecule has 0 bridgehead atoms. The van der Waals surface area contributed by atoms with Crippen molar-refractivity contribution in [2.75, 3.05) is 19.6 Å². The van der Waals surface area contributed by atoms with Crippen molar-refractivity contribution in [1.29, 1.82) is 0 Å². The lowest BCUT2D eigenvalue weighted by Crippen LogP contribution is -2.73. The highest BCUT2D eigenvalue weighted by Gasteiger charge is 2.54. The number of benzene rings is 2. The summed E-state index contributed by atoms with van der Waals surface area (Å²) in [6.45, 7) is 5.02. The summed E-state index contributed by atoms with van der Waals surface area (Å²) in [5, 5.41) is 16.5. The molecule has 6 rings (SSSR count). The van der Waals surface area contributed by atoms with Gasteiger partial charge in [0.15, 0.2) is 0 Å². The van der Waals surface area contributed by atoms with Crippen molar-refractivity contribution in [2.24, 2.45) is 0 Å². The Kier molecular flexibility index (Phi) is 7.15. The van der Waals surface area contributed by atoms with E-state index in [2.05, 4.69) is 41.4 Å². The molecule has 1 saturated carbocycles. The van der Waals surface area contributed by atoms with E-state index in [9.17, 15) is 14.7 Å². The molecule has 0 radical (unpaired) electrons. The number of nitrogens with one attached hydrogen (secondary N) is 1. The first-order chi connectivity index (χ1) is 18.9. The number of amides is 2. The van der Waals surface area contributed by atoms with Crippen molar-refractivity contribution < 1.29 is 19.1 Å². The van der Waals surface area contributed by atoms with Crippen LogP contribution in [0, 0.1) is 0 Å². The first-order valence-electron chi connectivity index (χ1n) is 14.9. The summed E-state index contributed by atoms with van der Waals surface area (Å²) in [4.78, 5) is 31.8. The van der Waals surface area contributed by atoms with Crippen molar-refractivity contribution in [3.63, 3.8) is 0 Å². The van der Waals surface area contributed by atoms with Crippen LogP contribution in [0.4, 0.5) is 0 Å². The number of para-hydroxylation sites is 1. The molecular weight excluding hydrogens is 490 g/mol. The summed E-state index contributed by atoms with van der Waals surface area (Å²) in [6.07, 6.45) is 7.93. The van der Waals surface area contributed by atoms with Crippen molar-refractivity contribution >= 4 is 33.8 Å². The number of nitrogens with zero attached hydrogens (tertiary/aromatic N) is 2. The molecule has 1 aromatic heterocycles. The van der Waals surface area contributed by atoms with Crippen LogP contribution in [0.1, 0.15) is 76.7 Å². The molecule has 3 fully saturated rings. The Balaban J connectivity index is 1.16. The Hall–Kier alpha value is -2.90. The molecule has 3 aliphatic rings. The predicted octanol–water partition coefficient (Wildman–Crippen LogP) is 5.13. The van der Waals surface area contributed by atoms with Crippen molar-refractivity contribution in [1.82, 2.24) is 15.1 Å². The Morgan fingerprint density at radius 2 is 1.72 bits per heavy atom. The van der Waals surface area contributed by atoms with Crippen LogP contribution < -0.4 is 5.32 Å². The number of carbonyl (C=O) groups excluding carboxylic acids is 2. The molecule has 3 aromatic rings. The third-order valence-corrected chi connectivity index (χ3v) is 9.44. The molecule has 7 nitrogen and oxygen atoms in total. The number of furan rings is 1. The minimum atomic E-state index is -0.850. The molecule has 1 aliphatic carbocycles. The lowest BCUT2D eigenvalue weighted by molar-refractivity contribution is -0.163. The molecule has 2 aliphatic heterocycles. The maximum absolute atomic E-state index is 13.8. The molecule has 1 atom stereocenters. The molecule has 39 heavy (non-hydrogen) atoms. The van der Waals surface area contributed by atoms with Gasteiger partial charge in [0, 0.05) is 43.4 Å². The summed E-state index contributed by atoms with van der Waals surface area (Å²) in [7, 11) is 0. The fraction of sp³-hybridized carbons (Fsp3) is 0.562. The van der Waals surface area contributed by atoms with E-state index in [1.54, 1.807) is 0 Å². The molecule has 2 saturated heterocycles. The number of hydrogen-bond acceptors (Lipinski definition) is 5. The highest BCUT2D eigenvalue weighted by atomic mass is 16.3. The monoisotopic (exact) mass is 531 g/mol. The third-order valence-electron chi connectivity index (χ3n) is 9.44. The van der Waals surface area contributed by atoms with Crippen molar-refractivity contribution in [3.8, 4) is 0 Å². The van der Waals surface area contributed by atoms with Gasteiger partial charge in [0.2, 0.25) is 11.8 Å². The average molecular weight is 532 g/mol. The van der Waals surface area contributed by atoms with Gasteiger partial charge in [-0.2, -0.15) is 0 Å². The highest BCUT2D eigenvalue weighted by molar-refractivity contribution is 6.05. The Morgan fingerprint density at radius 1 is 0.974 bits per heavy atom. The van der Waals surface area contributed by atoms with Gasteiger partial charge in [-0.25, -0.2) is 0 Å². The van der Waals surface area contributed by atoms with E-state index in [1.807, 2.05) is 23.1 Å². The van der Waals surface area contributed by atoms with E-state index < -0.39 is 17.2 Å². The Labute approximate surface area is 230 Å². The van der Waals surface area contributed by atoms with Gasteiger partial charge in [0.25, 0.3) is 0 Å². The Bertz CT molecular complexity index is 1350. The molecule has 2 N–H and O–H groups in total. The number of likely N-dealkylation sites (tertiary alicyclic amines) is 1. The smallest absolute Gasteiger partial charge is 0.246 e. The standard InChI is InChI=1S/C32H41N3O4/c1-2-3-17-35-29(36)26(21-31(38)13-7-4-8-14-31)33-30(37)32(35)15-18-34(19-16-32)22-23-11-12-28-25(20-23)24-9-5-6-10-27(24)39-28/h5-6,9-12,20,26,38H,2-4,7-8,13-19,21-22H2,1H3,(H,33,37)/t26-/m1/s1. The maximum atomic E-state index is 13.8. The van der Waals surface area contributed by atoms with E-state index in [4.69, 9.17) is 4.42 Å². The summed E-state index contributed by atoms with van der Waals surface area (Å²) < 4.78 is 5.99. The largest absolute Gasteiger partial charge is 0.456 e. The molecular formula is C32H41N3O4. The molecule has 0 unspecified atom stereocenters. The first kappa shape index (κ1) is 26.3. The van der Waals surface area contributed by atoms with Crippen LogP contribution in [0.25, 0.3) is 21.9 Å². The minimum absolute atomic E-state index is 0.00668. The lowest BCUT2D eigenvalue weighted by atomic mass is 9.77. The number of piperidine rings is 1. The normalized spacial score (nSPS) is 23.5. The van der Waals surface area contributed by atoms with Gasteiger partial charge in [0.05, 0.1) is 5.60 Å². The van der Waals surface area contributed by atoms with E-state index in [-0.39, 0.29) is 11.8 Å². The number of rotatable bonds is 7. The molecule has 208 valence electrons. The number of unbranched alkanes of at least 4 members (excludes halogenated alkanes) is 1. The first-order valence-corrected chi connectivity index (χ1v) is 14.9. The number of hydrogen-bond donors (Lipinski definition) is 2. The number of aliphatic hydroxyl groups is 1. The Morgan fingerprint density at radius 3 is 2.49 bits per heavy atom. The summed E-state index contributed by atoms with van der Waals surface area (Å²) >= 11 is 0. The van der Waals surface area contributed by atoms with Gasteiger partial charge >= 0.3 is 0 Å². The minimum Gasteiger partial charge on any atom is -0.456 e. The zero-order valence-electron chi connectivity index (χ0n) is 23.1. The molecule has 7 heteroatoms. The molecule has 2 aromatic carbocycles. The van der Waals surface area contributed by atoms with Crippen molar-refractivity contribution in [2.45, 2.75) is 94.9 Å². The van der Waals surface area contributed by atoms with Gasteiger partial charge in [-0.15, -0.1) is 0 Å². The van der Waals surface area contributed by atoms with E-state index in [0.717, 1.165) is 73.7 Å². The quantitative estimate of drug-likeness (QED) is 0.441. The van der Waals surface area contributed by atoms with Gasteiger partial charge in [0.1, 0.15) is 22.7 Å². The SMILES string of the molecule is CCCCN1C(=O)[C@@H](CC2(O)CCCCC2)NC(=O)C12CCN(Cc1ccc3oc4ccccc4c3c1)CC2. The number of carbonyl (C=O) groups is 2. The number of piperazine rings is 1. The van der Waals surface area contributed by atoms with Crippen LogP contribution >= 0.6 is 0 Å². The van der Waals surface area contributed by atoms with Gasteiger partial charge in [-0.05, 0) is 55.9 Å². The van der Waals surface area contributed by atoms with Crippen LogP contribution in [0.5, 0.6) is 0 Å².